The normalized spacial score (nSPS) is 17.1. The van der Waals surface area contributed by atoms with Crippen molar-refractivity contribution in [2.75, 3.05) is 33.3 Å². The predicted molar refractivity (Wildman–Crippen MR) is 155 cm³/mol. The van der Waals surface area contributed by atoms with Crippen LogP contribution in [0.1, 0.15) is 49.7 Å². The van der Waals surface area contributed by atoms with Gasteiger partial charge < -0.3 is 25.2 Å². The minimum Gasteiger partial charge on any atom is -0.376 e. The third-order valence-electron chi connectivity index (χ3n) is 7.75. The predicted octanol–water partition coefficient (Wildman–Crippen LogP) is 2.20. The van der Waals surface area contributed by atoms with Gasteiger partial charge in [0.25, 0.3) is 5.91 Å². The monoisotopic (exact) mass is 599 g/mol. The molecule has 4 unspecified atom stereocenters. The summed E-state index contributed by atoms with van der Waals surface area (Å²) in [6.45, 7) is 6.59. The highest BCUT2D eigenvalue weighted by Crippen LogP contribution is 2.22. The van der Waals surface area contributed by atoms with Crippen molar-refractivity contribution in [1.29, 1.82) is 0 Å². The standard InChI is InChI=1S/C30H39F2N7O4/c1-5-43-20(3)26(36-27(40)19(2)33-4)29(42)39-13-6-7-24(39)17-37(14-12-21-8-10-22(31)11-9-21)28(41)25-18-38-16-23(32)15-34-30(38)35-25/h8-11,15-16,18-20,24,26,33H,5-7,12-14,17H2,1-4H3,(H,36,40). The van der Waals surface area contributed by atoms with Crippen LogP contribution in [0.2, 0.25) is 0 Å². The zero-order valence-corrected chi connectivity index (χ0v) is 24.9. The van der Waals surface area contributed by atoms with Crippen LogP contribution < -0.4 is 10.6 Å². The molecule has 1 aromatic carbocycles. The second kappa shape index (κ2) is 14.5. The van der Waals surface area contributed by atoms with Gasteiger partial charge in [-0.1, -0.05) is 12.1 Å². The molecule has 43 heavy (non-hydrogen) atoms. The van der Waals surface area contributed by atoms with E-state index in [9.17, 15) is 23.2 Å². The Bertz CT molecular complexity index is 1420. The first kappa shape index (κ1) is 32.0. The van der Waals surface area contributed by atoms with Gasteiger partial charge in [0.15, 0.2) is 5.82 Å². The van der Waals surface area contributed by atoms with E-state index >= 15 is 0 Å². The largest absolute Gasteiger partial charge is 0.376 e. The minimum absolute atomic E-state index is 0.0873. The van der Waals surface area contributed by atoms with Crippen LogP contribution in [0, 0.1) is 11.6 Å². The van der Waals surface area contributed by atoms with Crippen molar-refractivity contribution in [3.05, 3.63) is 65.7 Å². The number of amides is 3. The Balaban J connectivity index is 1.57. The fourth-order valence-corrected chi connectivity index (χ4v) is 5.21. The van der Waals surface area contributed by atoms with Crippen LogP contribution in [-0.2, 0) is 20.7 Å². The number of fused-ring (bicyclic) bond motifs is 1. The zero-order chi connectivity index (χ0) is 31.1. The number of nitrogens with zero attached hydrogens (tertiary/aromatic N) is 5. The molecule has 0 bridgehead atoms. The van der Waals surface area contributed by atoms with Gasteiger partial charge in [0.2, 0.25) is 17.6 Å². The molecule has 3 heterocycles. The fourth-order valence-electron chi connectivity index (χ4n) is 5.21. The Kier molecular flexibility index (Phi) is 10.8. The summed E-state index contributed by atoms with van der Waals surface area (Å²) in [4.78, 5) is 52.0. The number of carbonyl (C=O) groups is 3. The quantitative estimate of drug-likeness (QED) is 0.309. The molecule has 11 nitrogen and oxygen atoms in total. The molecule has 3 aromatic rings. The molecule has 0 spiro atoms. The van der Waals surface area contributed by atoms with Gasteiger partial charge in [-0.3, -0.25) is 18.8 Å². The molecule has 232 valence electrons. The molecule has 0 radical (unpaired) electrons. The van der Waals surface area contributed by atoms with Crippen molar-refractivity contribution >= 4 is 23.5 Å². The Morgan fingerprint density at radius 3 is 2.58 bits per heavy atom. The van der Waals surface area contributed by atoms with Gasteiger partial charge in [0, 0.05) is 44.7 Å². The highest BCUT2D eigenvalue weighted by atomic mass is 19.1. The maximum atomic E-state index is 13.9. The Morgan fingerprint density at radius 2 is 1.88 bits per heavy atom. The van der Waals surface area contributed by atoms with E-state index in [0.29, 0.717) is 26.0 Å². The lowest BCUT2D eigenvalue weighted by atomic mass is 10.1. The first-order valence-electron chi connectivity index (χ1n) is 14.5. The second-order valence-electron chi connectivity index (χ2n) is 10.7. The number of ether oxygens (including phenoxy) is 1. The maximum Gasteiger partial charge on any atom is 0.274 e. The van der Waals surface area contributed by atoms with E-state index in [1.54, 1.807) is 42.8 Å². The molecule has 2 N–H and O–H groups in total. The molecular formula is C30H39F2N7O4. The number of nitrogens with one attached hydrogen (secondary N) is 2. The summed E-state index contributed by atoms with van der Waals surface area (Å²) in [7, 11) is 1.66. The van der Waals surface area contributed by atoms with Gasteiger partial charge in [-0.15, -0.1) is 0 Å². The summed E-state index contributed by atoms with van der Waals surface area (Å²) in [5.41, 5.74) is 0.925. The minimum atomic E-state index is -0.911. The molecule has 1 fully saturated rings. The molecular weight excluding hydrogens is 560 g/mol. The summed E-state index contributed by atoms with van der Waals surface area (Å²) in [5.74, 6) is -1.74. The number of carbonyl (C=O) groups excluding carboxylic acids is 3. The van der Waals surface area contributed by atoms with E-state index in [1.165, 1.54) is 28.9 Å². The lowest BCUT2D eigenvalue weighted by Crippen LogP contribution is -2.58. The maximum absolute atomic E-state index is 13.9. The fraction of sp³-hybridized carbons (Fsp3) is 0.500. The average molecular weight is 600 g/mol. The molecule has 13 heteroatoms. The Morgan fingerprint density at radius 1 is 1.14 bits per heavy atom. The van der Waals surface area contributed by atoms with Crippen LogP contribution in [0.4, 0.5) is 8.78 Å². The van der Waals surface area contributed by atoms with Crippen LogP contribution in [0.25, 0.3) is 5.78 Å². The van der Waals surface area contributed by atoms with Crippen LogP contribution in [0.5, 0.6) is 0 Å². The Hall–Kier alpha value is -3.97. The van der Waals surface area contributed by atoms with Gasteiger partial charge in [0.1, 0.15) is 17.6 Å². The number of likely N-dealkylation sites (N-methyl/N-ethyl adjacent to an activating group) is 1. The van der Waals surface area contributed by atoms with Crippen molar-refractivity contribution in [1.82, 2.24) is 34.8 Å². The van der Waals surface area contributed by atoms with Crippen molar-refractivity contribution in [2.45, 2.75) is 64.3 Å². The first-order chi connectivity index (χ1) is 20.6. The molecule has 2 aromatic heterocycles. The number of imidazole rings is 1. The SMILES string of the molecule is CCOC(C)C(NC(=O)C(C)NC)C(=O)N1CCCC1CN(CCc1ccc(F)cc1)C(=O)c1cn2cc(F)cnc2n1. The van der Waals surface area contributed by atoms with Gasteiger partial charge in [-0.2, -0.15) is 0 Å². The molecule has 0 saturated carbocycles. The smallest absolute Gasteiger partial charge is 0.274 e. The van der Waals surface area contributed by atoms with Crippen molar-refractivity contribution in [3.8, 4) is 0 Å². The number of benzene rings is 1. The summed E-state index contributed by atoms with van der Waals surface area (Å²) in [6.07, 6.45) is 4.89. The number of hydrogen-bond donors (Lipinski definition) is 2. The van der Waals surface area contributed by atoms with Crippen molar-refractivity contribution in [3.63, 3.8) is 0 Å². The third-order valence-corrected chi connectivity index (χ3v) is 7.75. The molecule has 4 atom stereocenters. The van der Waals surface area contributed by atoms with Crippen LogP contribution >= 0.6 is 0 Å². The summed E-state index contributed by atoms with van der Waals surface area (Å²) < 4.78 is 34.3. The van der Waals surface area contributed by atoms with Gasteiger partial charge in [-0.25, -0.2) is 18.7 Å². The van der Waals surface area contributed by atoms with Crippen molar-refractivity contribution in [2.24, 2.45) is 0 Å². The summed E-state index contributed by atoms with van der Waals surface area (Å²) >= 11 is 0. The van der Waals surface area contributed by atoms with Crippen LogP contribution in [0.3, 0.4) is 0 Å². The van der Waals surface area contributed by atoms with E-state index in [4.69, 9.17) is 4.74 Å². The van der Waals surface area contributed by atoms with Crippen LogP contribution in [0.15, 0.2) is 42.9 Å². The number of hydrogen-bond acceptors (Lipinski definition) is 7. The summed E-state index contributed by atoms with van der Waals surface area (Å²) in [5, 5.41) is 5.72. The Labute approximate surface area is 249 Å². The highest BCUT2D eigenvalue weighted by molar-refractivity contribution is 5.93. The highest BCUT2D eigenvalue weighted by Gasteiger charge is 2.38. The third kappa shape index (κ3) is 7.90. The van der Waals surface area contributed by atoms with E-state index in [0.717, 1.165) is 18.2 Å². The van der Waals surface area contributed by atoms with Gasteiger partial charge >= 0.3 is 0 Å². The van der Waals surface area contributed by atoms with Gasteiger partial charge in [0.05, 0.1) is 18.3 Å². The van der Waals surface area contributed by atoms with E-state index in [2.05, 4.69) is 20.6 Å². The topological polar surface area (TPSA) is 121 Å². The summed E-state index contributed by atoms with van der Waals surface area (Å²) in [6, 6.07) is 4.31. The zero-order valence-electron chi connectivity index (χ0n) is 24.9. The second-order valence-corrected chi connectivity index (χ2v) is 10.7. The molecule has 1 aliphatic heterocycles. The molecule has 1 saturated heterocycles. The first-order valence-corrected chi connectivity index (χ1v) is 14.5. The van der Waals surface area contributed by atoms with Crippen molar-refractivity contribution < 1.29 is 27.9 Å². The number of halogens is 2. The number of likely N-dealkylation sites (tertiary alicyclic amines) is 1. The van der Waals surface area contributed by atoms with Crippen LogP contribution in [-0.4, -0.2) is 99.4 Å². The lowest BCUT2D eigenvalue weighted by Gasteiger charge is -2.34. The molecule has 1 aliphatic rings. The molecule has 3 amide bonds. The van der Waals surface area contributed by atoms with E-state index in [1.807, 2.05) is 6.92 Å². The average Bonchev–Trinajstić information content (AvgIpc) is 3.64. The van der Waals surface area contributed by atoms with E-state index in [-0.39, 0.29) is 48.2 Å². The molecule has 4 rings (SSSR count). The van der Waals surface area contributed by atoms with E-state index < -0.39 is 29.9 Å². The number of rotatable bonds is 13. The number of aromatic nitrogens is 3. The lowest BCUT2D eigenvalue weighted by molar-refractivity contribution is -0.141. The molecule has 0 aliphatic carbocycles. The van der Waals surface area contributed by atoms with Gasteiger partial charge in [-0.05, 0) is 64.8 Å².